The smallest absolute Gasteiger partial charge is 0.322 e. The number of ether oxygens (including phenoxy) is 1. The number of carbonyl (C=O) groups excluding carboxylic acids is 1. The molecule has 7 heteroatoms. The second-order valence-electron chi connectivity index (χ2n) is 4.41. The van der Waals surface area contributed by atoms with Crippen molar-refractivity contribution < 1.29 is 9.53 Å². The Labute approximate surface area is 118 Å². The Morgan fingerprint density at radius 2 is 2.32 bits per heavy atom. The first-order valence-corrected chi connectivity index (χ1v) is 7.60. The molecular weight excluding hydrogens is 264 g/mol. The summed E-state index contributed by atoms with van der Waals surface area (Å²) in [5.41, 5.74) is 5.72. The number of nitrogens with zero attached hydrogens (tertiary/aromatic N) is 3. The molecule has 0 aliphatic carbocycles. The minimum atomic E-state index is -0.532. The number of esters is 1. The number of carbonyl (C=O) groups is 1. The first-order valence-electron chi connectivity index (χ1n) is 6.44. The highest BCUT2D eigenvalue weighted by atomic mass is 32.2. The third kappa shape index (κ3) is 5.20. The minimum absolute atomic E-state index is 0.305. The first-order chi connectivity index (χ1) is 9.06. The van der Waals surface area contributed by atoms with Gasteiger partial charge in [-0.1, -0.05) is 0 Å². The Morgan fingerprint density at radius 3 is 2.95 bits per heavy atom. The van der Waals surface area contributed by atoms with E-state index < -0.39 is 6.04 Å². The maximum absolute atomic E-state index is 11.3. The molecule has 0 spiro atoms. The van der Waals surface area contributed by atoms with E-state index in [0.29, 0.717) is 19.1 Å². The van der Waals surface area contributed by atoms with Gasteiger partial charge in [0.05, 0.1) is 12.4 Å². The lowest BCUT2D eigenvalue weighted by Crippen LogP contribution is -2.32. The van der Waals surface area contributed by atoms with Gasteiger partial charge in [-0.05, 0) is 32.9 Å². The summed E-state index contributed by atoms with van der Waals surface area (Å²) >= 11 is 1.70. The van der Waals surface area contributed by atoms with Crippen molar-refractivity contribution in [2.75, 3.05) is 12.4 Å². The van der Waals surface area contributed by atoms with E-state index in [9.17, 15) is 4.79 Å². The summed E-state index contributed by atoms with van der Waals surface area (Å²) < 4.78 is 6.76. The molecule has 108 valence electrons. The predicted octanol–water partition coefficient (Wildman–Crippen LogP) is 1.37. The van der Waals surface area contributed by atoms with Crippen molar-refractivity contribution in [1.82, 2.24) is 14.8 Å². The van der Waals surface area contributed by atoms with E-state index >= 15 is 0 Å². The Bertz CT molecular complexity index is 395. The standard InChI is InChI=1S/C12H22N4O2S/c1-4-18-12(17)10(13)5-6-19-7-11-14-8-15-16(11)9(2)3/h8-10H,4-7,13H2,1-3H3. The molecule has 1 aromatic heterocycles. The van der Waals surface area contributed by atoms with Crippen molar-refractivity contribution in [2.45, 2.75) is 45.0 Å². The van der Waals surface area contributed by atoms with Crippen LogP contribution < -0.4 is 5.73 Å². The van der Waals surface area contributed by atoms with Crippen molar-refractivity contribution >= 4 is 17.7 Å². The predicted molar refractivity (Wildman–Crippen MR) is 75.8 cm³/mol. The molecule has 19 heavy (non-hydrogen) atoms. The third-order valence-electron chi connectivity index (χ3n) is 2.53. The average Bonchev–Trinajstić information content (AvgIpc) is 2.83. The molecule has 0 aliphatic rings. The topological polar surface area (TPSA) is 83.0 Å². The van der Waals surface area contributed by atoms with E-state index in [0.717, 1.165) is 17.3 Å². The number of rotatable bonds is 8. The number of nitrogens with two attached hydrogens (primary N) is 1. The van der Waals surface area contributed by atoms with Crippen LogP contribution in [0.25, 0.3) is 0 Å². The third-order valence-corrected chi connectivity index (χ3v) is 3.52. The Hall–Kier alpha value is -1.08. The van der Waals surface area contributed by atoms with Gasteiger partial charge in [0.1, 0.15) is 18.2 Å². The van der Waals surface area contributed by atoms with E-state index in [2.05, 4.69) is 23.9 Å². The van der Waals surface area contributed by atoms with Crippen LogP contribution >= 0.6 is 11.8 Å². The molecule has 0 amide bonds. The summed E-state index contributed by atoms with van der Waals surface area (Å²) in [6, 6.07) is -0.227. The first kappa shape index (κ1) is 16.0. The molecule has 1 aromatic rings. The van der Waals surface area contributed by atoms with Gasteiger partial charge in [0, 0.05) is 6.04 Å². The summed E-state index contributed by atoms with van der Waals surface area (Å²) in [4.78, 5) is 15.6. The molecule has 1 atom stereocenters. The molecule has 0 saturated heterocycles. The number of hydrogen-bond acceptors (Lipinski definition) is 6. The monoisotopic (exact) mass is 286 g/mol. The van der Waals surface area contributed by atoms with Crippen LogP contribution in [-0.4, -0.2) is 39.1 Å². The molecule has 1 heterocycles. The van der Waals surface area contributed by atoms with Crippen molar-refractivity contribution in [3.63, 3.8) is 0 Å². The van der Waals surface area contributed by atoms with Gasteiger partial charge in [-0.3, -0.25) is 4.79 Å². The van der Waals surface area contributed by atoms with Crippen LogP contribution in [0, 0.1) is 0 Å². The summed E-state index contributed by atoms with van der Waals surface area (Å²) in [6.07, 6.45) is 2.18. The fourth-order valence-corrected chi connectivity index (χ4v) is 2.50. The highest BCUT2D eigenvalue weighted by Crippen LogP contribution is 2.14. The van der Waals surface area contributed by atoms with Gasteiger partial charge in [-0.25, -0.2) is 9.67 Å². The summed E-state index contributed by atoms with van der Waals surface area (Å²) in [5, 5.41) is 4.18. The van der Waals surface area contributed by atoms with Crippen LogP contribution in [0.5, 0.6) is 0 Å². The van der Waals surface area contributed by atoms with Gasteiger partial charge in [0.15, 0.2) is 0 Å². The molecule has 0 bridgehead atoms. The molecule has 0 saturated carbocycles. The fraction of sp³-hybridized carbons (Fsp3) is 0.750. The lowest BCUT2D eigenvalue weighted by atomic mass is 10.2. The van der Waals surface area contributed by atoms with Crippen LogP contribution in [0.15, 0.2) is 6.33 Å². The van der Waals surface area contributed by atoms with Gasteiger partial charge in [0.2, 0.25) is 0 Å². The van der Waals surface area contributed by atoms with Crippen molar-refractivity contribution in [2.24, 2.45) is 5.73 Å². The SMILES string of the molecule is CCOC(=O)C(N)CCSCc1ncnn1C(C)C. The minimum Gasteiger partial charge on any atom is -0.465 e. The van der Waals surface area contributed by atoms with E-state index in [1.54, 1.807) is 25.0 Å². The largest absolute Gasteiger partial charge is 0.465 e. The van der Waals surface area contributed by atoms with Crippen LogP contribution in [0.3, 0.4) is 0 Å². The number of hydrogen-bond donors (Lipinski definition) is 1. The van der Waals surface area contributed by atoms with E-state index in [1.807, 2.05) is 4.68 Å². The van der Waals surface area contributed by atoms with Crippen LogP contribution in [0.1, 0.15) is 39.1 Å². The molecule has 0 radical (unpaired) electrons. The quantitative estimate of drug-likeness (QED) is 0.574. The molecule has 6 nitrogen and oxygen atoms in total. The van der Waals surface area contributed by atoms with Crippen molar-refractivity contribution in [1.29, 1.82) is 0 Å². The Kier molecular flexibility index (Phi) is 6.86. The molecule has 1 unspecified atom stereocenters. The summed E-state index contributed by atoms with van der Waals surface area (Å²) in [7, 11) is 0. The van der Waals surface area contributed by atoms with Crippen LogP contribution in [-0.2, 0) is 15.3 Å². The molecular formula is C12H22N4O2S. The normalized spacial score (nSPS) is 12.7. The molecule has 0 aliphatic heterocycles. The van der Waals surface area contributed by atoms with Crippen molar-refractivity contribution in [3.8, 4) is 0 Å². The highest BCUT2D eigenvalue weighted by Gasteiger charge is 2.14. The van der Waals surface area contributed by atoms with Gasteiger partial charge in [-0.15, -0.1) is 0 Å². The van der Waals surface area contributed by atoms with E-state index in [1.165, 1.54) is 0 Å². The zero-order valence-electron chi connectivity index (χ0n) is 11.7. The lowest BCUT2D eigenvalue weighted by Gasteiger charge is -2.11. The molecule has 2 N–H and O–H groups in total. The fourth-order valence-electron chi connectivity index (χ4n) is 1.55. The molecule has 1 rings (SSSR count). The lowest BCUT2D eigenvalue weighted by molar-refractivity contribution is -0.144. The van der Waals surface area contributed by atoms with Crippen LogP contribution in [0.2, 0.25) is 0 Å². The zero-order chi connectivity index (χ0) is 14.3. The molecule has 0 fully saturated rings. The second-order valence-corrected chi connectivity index (χ2v) is 5.52. The van der Waals surface area contributed by atoms with Crippen LogP contribution in [0.4, 0.5) is 0 Å². The molecule has 0 aromatic carbocycles. The Balaban J connectivity index is 2.27. The van der Waals surface area contributed by atoms with Gasteiger partial charge in [0.25, 0.3) is 0 Å². The maximum Gasteiger partial charge on any atom is 0.322 e. The van der Waals surface area contributed by atoms with E-state index in [-0.39, 0.29) is 5.97 Å². The van der Waals surface area contributed by atoms with Gasteiger partial charge < -0.3 is 10.5 Å². The zero-order valence-corrected chi connectivity index (χ0v) is 12.5. The summed E-state index contributed by atoms with van der Waals surface area (Å²) in [5.74, 6) is 2.19. The van der Waals surface area contributed by atoms with E-state index in [4.69, 9.17) is 10.5 Å². The maximum atomic E-state index is 11.3. The van der Waals surface area contributed by atoms with Gasteiger partial charge in [-0.2, -0.15) is 16.9 Å². The number of thioether (sulfide) groups is 1. The van der Waals surface area contributed by atoms with Crippen molar-refractivity contribution in [3.05, 3.63) is 12.2 Å². The van der Waals surface area contributed by atoms with Gasteiger partial charge >= 0.3 is 5.97 Å². The average molecular weight is 286 g/mol. The number of aromatic nitrogens is 3. The summed E-state index contributed by atoms with van der Waals surface area (Å²) in [6.45, 7) is 6.29. The second kappa shape index (κ2) is 8.16. The highest BCUT2D eigenvalue weighted by molar-refractivity contribution is 7.98. The Morgan fingerprint density at radius 1 is 1.58 bits per heavy atom.